The quantitative estimate of drug-likeness (QED) is 0.695. The molecular weight excluding hydrogens is 363 g/mol. The monoisotopic (exact) mass is 390 g/mol. The molecule has 7 nitrogen and oxygen atoms in total. The van der Waals surface area contributed by atoms with Crippen molar-refractivity contribution in [3.05, 3.63) is 29.7 Å². The molecule has 4 rings (SSSR count). The molecule has 2 fully saturated rings. The third-order valence-corrected chi connectivity index (χ3v) is 5.30. The molecule has 0 spiro atoms. The maximum Gasteiger partial charge on any atom is 0.253 e. The lowest BCUT2D eigenvalue weighted by molar-refractivity contribution is -0.146. The minimum atomic E-state index is -0.457. The van der Waals surface area contributed by atoms with Gasteiger partial charge in [-0.25, -0.2) is 4.39 Å². The van der Waals surface area contributed by atoms with Crippen LogP contribution in [0.15, 0.2) is 18.2 Å². The maximum absolute atomic E-state index is 13.9. The summed E-state index contributed by atoms with van der Waals surface area (Å²) in [6.45, 7) is 3.53. The summed E-state index contributed by atoms with van der Waals surface area (Å²) in [6.07, 6.45) is 2.34. The summed E-state index contributed by atoms with van der Waals surface area (Å²) < 4.78 is 26.6. The minimum absolute atomic E-state index is 0.00631. The zero-order valence-corrected chi connectivity index (χ0v) is 16.2. The molecule has 1 saturated carbocycles. The van der Waals surface area contributed by atoms with Gasteiger partial charge in [0, 0.05) is 44.8 Å². The van der Waals surface area contributed by atoms with Crippen LogP contribution in [-0.2, 0) is 27.4 Å². The van der Waals surface area contributed by atoms with E-state index in [0.717, 1.165) is 42.4 Å². The van der Waals surface area contributed by atoms with Crippen LogP contribution in [0, 0.1) is 5.82 Å². The van der Waals surface area contributed by atoms with Crippen LogP contribution < -0.4 is 5.32 Å². The van der Waals surface area contributed by atoms with E-state index < -0.39 is 6.10 Å². The number of morpholine rings is 1. The molecule has 1 atom stereocenters. The number of methoxy groups -OCH3 is 1. The summed E-state index contributed by atoms with van der Waals surface area (Å²) in [4.78, 5) is 14.9. The Kier molecular flexibility index (Phi) is 5.89. The highest BCUT2D eigenvalue weighted by Gasteiger charge is 2.37. The SMILES string of the molecule is COCCCn1nc(CN(C(=O)[C@H]2CNCCO2)C2CC2)c2cc(F)ccc21. The van der Waals surface area contributed by atoms with Crippen molar-refractivity contribution < 1.29 is 18.7 Å². The van der Waals surface area contributed by atoms with Crippen LogP contribution in [0.1, 0.15) is 25.0 Å². The zero-order chi connectivity index (χ0) is 19.5. The number of nitrogens with one attached hydrogen (secondary N) is 1. The van der Waals surface area contributed by atoms with Gasteiger partial charge in [-0.1, -0.05) is 0 Å². The topological polar surface area (TPSA) is 68.6 Å². The molecule has 2 heterocycles. The molecule has 1 aromatic heterocycles. The van der Waals surface area contributed by atoms with Gasteiger partial charge < -0.3 is 19.7 Å². The molecule has 0 radical (unpaired) electrons. The van der Waals surface area contributed by atoms with E-state index >= 15 is 0 Å². The molecule has 152 valence electrons. The Hall–Kier alpha value is -2.03. The van der Waals surface area contributed by atoms with Crippen molar-refractivity contribution in [3.63, 3.8) is 0 Å². The molecule has 1 N–H and O–H groups in total. The first-order chi connectivity index (χ1) is 13.7. The molecule has 1 amide bonds. The van der Waals surface area contributed by atoms with Gasteiger partial charge in [0.25, 0.3) is 5.91 Å². The first kappa shape index (κ1) is 19.3. The van der Waals surface area contributed by atoms with Gasteiger partial charge in [-0.15, -0.1) is 0 Å². The fourth-order valence-electron chi connectivity index (χ4n) is 3.71. The number of ether oxygens (including phenoxy) is 2. The molecule has 2 aromatic rings. The van der Waals surface area contributed by atoms with Crippen molar-refractivity contribution in [1.29, 1.82) is 0 Å². The molecule has 0 bridgehead atoms. The number of nitrogens with zero attached hydrogens (tertiary/aromatic N) is 3. The van der Waals surface area contributed by atoms with Crippen molar-refractivity contribution in [3.8, 4) is 0 Å². The van der Waals surface area contributed by atoms with Crippen LogP contribution in [0.4, 0.5) is 4.39 Å². The Labute approximate surface area is 163 Å². The lowest BCUT2D eigenvalue weighted by Gasteiger charge is -2.29. The number of fused-ring (bicyclic) bond motifs is 1. The number of hydrogen-bond donors (Lipinski definition) is 1. The lowest BCUT2D eigenvalue weighted by Crippen LogP contribution is -2.49. The lowest BCUT2D eigenvalue weighted by atomic mass is 10.1. The number of benzene rings is 1. The van der Waals surface area contributed by atoms with Crippen LogP contribution in [0.2, 0.25) is 0 Å². The molecule has 1 saturated heterocycles. The first-order valence-corrected chi connectivity index (χ1v) is 9.94. The summed E-state index contributed by atoms with van der Waals surface area (Å²) >= 11 is 0. The smallest absolute Gasteiger partial charge is 0.253 e. The largest absolute Gasteiger partial charge is 0.385 e. The standard InChI is InChI=1S/C20H27FN4O3/c1-27-9-2-8-25-18-6-3-14(21)11-16(18)17(23-25)13-24(15-4-5-15)20(26)19-12-22-7-10-28-19/h3,6,11,15,19,22H,2,4-5,7-10,12-13H2,1H3/t19-/m1/s1. The summed E-state index contributed by atoms with van der Waals surface area (Å²) in [5.74, 6) is -0.303. The maximum atomic E-state index is 13.9. The number of aryl methyl sites for hydroxylation is 1. The number of carbonyl (C=O) groups is 1. The Bertz CT molecular complexity index is 830. The fourth-order valence-corrected chi connectivity index (χ4v) is 3.71. The van der Waals surface area contributed by atoms with Crippen LogP contribution in [0.5, 0.6) is 0 Å². The van der Waals surface area contributed by atoms with Gasteiger partial charge in [0.15, 0.2) is 0 Å². The average Bonchev–Trinajstić information content (AvgIpc) is 3.50. The molecule has 2 aliphatic rings. The van der Waals surface area contributed by atoms with E-state index in [1.165, 1.54) is 12.1 Å². The molecule has 28 heavy (non-hydrogen) atoms. The van der Waals surface area contributed by atoms with Crippen molar-refractivity contribution in [2.45, 2.75) is 44.5 Å². The van der Waals surface area contributed by atoms with Gasteiger partial charge in [0.1, 0.15) is 11.9 Å². The fraction of sp³-hybridized carbons (Fsp3) is 0.600. The summed E-state index contributed by atoms with van der Waals surface area (Å²) in [5, 5.41) is 8.70. The third kappa shape index (κ3) is 4.19. The van der Waals surface area contributed by atoms with E-state index in [0.29, 0.717) is 32.8 Å². The van der Waals surface area contributed by atoms with Crippen LogP contribution in [-0.4, -0.2) is 66.1 Å². The normalized spacial score (nSPS) is 19.9. The number of amides is 1. The second kappa shape index (κ2) is 8.55. The number of aromatic nitrogens is 2. The van der Waals surface area contributed by atoms with Gasteiger partial charge in [0.05, 0.1) is 24.4 Å². The predicted octanol–water partition coefficient (Wildman–Crippen LogP) is 1.69. The second-order valence-corrected chi connectivity index (χ2v) is 7.44. The number of carbonyl (C=O) groups excluding carboxylic acids is 1. The average molecular weight is 390 g/mol. The van der Waals surface area contributed by atoms with E-state index in [4.69, 9.17) is 14.6 Å². The molecule has 1 aromatic carbocycles. The highest BCUT2D eigenvalue weighted by Crippen LogP contribution is 2.31. The van der Waals surface area contributed by atoms with E-state index in [1.54, 1.807) is 13.2 Å². The molecule has 0 unspecified atom stereocenters. The van der Waals surface area contributed by atoms with E-state index in [2.05, 4.69) is 5.32 Å². The van der Waals surface area contributed by atoms with E-state index in [1.807, 2.05) is 9.58 Å². The summed E-state index contributed by atoms with van der Waals surface area (Å²) in [5.41, 5.74) is 1.61. The van der Waals surface area contributed by atoms with Gasteiger partial charge in [-0.3, -0.25) is 9.48 Å². The molecular formula is C20H27FN4O3. The third-order valence-electron chi connectivity index (χ3n) is 5.30. The Balaban J connectivity index is 1.59. The van der Waals surface area contributed by atoms with Crippen molar-refractivity contribution in [2.24, 2.45) is 0 Å². The van der Waals surface area contributed by atoms with Crippen LogP contribution in [0.25, 0.3) is 10.9 Å². The van der Waals surface area contributed by atoms with Gasteiger partial charge in [-0.05, 0) is 37.5 Å². The molecule has 8 heteroatoms. The number of halogens is 1. The number of rotatable bonds is 8. The highest BCUT2D eigenvalue weighted by atomic mass is 19.1. The van der Waals surface area contributed by atoms with Crippen LogP contribution in [0.3, 0.4) is 0 Å². The summed E-state index contributed by atoms with van der Waals surface area (Å²) in [7, 11) is 1.67. The Morgan fingerprint density at radius 2 is 2.32 bits per heavy atom. The van der Waals surface area contributed by atoms with E-state index in [-0.39, 0.29) is 17.8 Å². The van der Waals surface area contributed by atoms with Gasteiger partial charge in [0.2, 0.25) is 0 Å². The van der Waals surface area contributed by atoms with Crippen LogP contribution >= 0.6 is 0 Å². The minimum Gasteiger partial charge on any atom is -0.385 e. The predicted molar refractivity (Wildman–Crippen MR) is 102 cm³/mol. The van der Waals surface area contributed by atoms with E-state index in [9.17, 15) is 9.18 Å². The second-order valence-electron chi connectivity index (χ2n) is 7.44. The van der Waals surface area contributed by atoms with Crippen molar-refractivity contribution in [2.75, 3.05) is 33.4 Å². The van der Waals surface area contributed by atoms with Gasteiger partial charge >= 0.3 is 0 Å². The van der Waals surface area contributed by atoms with Gasteiger partial charge in [-0.2, -0.15) is 5.10 Å². The highest BCUT2D eigenvalue weighted by molar-refractivity contribution is 5.84. The van der Waals surface area contributed by atoms with Crippen molar-refractivity contribution in [1.82, 2.24) is 20.0 Å². The molecule has 1 aliphatic carbocycles. The zero-order valence-electron chi connectivity index (χ0n) is 16.2. The molecule has 1 aliphatic heterocycles. The number of hydrogen-bond acceptors (Lipinski definition) is 5. The Morgan fingerprint density at radius 1 is 1.46 bits per heavy atom. The first-order valence-electron chi connectivity index (χ1n) is 9.94. The summed E-state index contributed by atoms with van der Waals surface area (Å²) in [6, 6.07) is 4.94. The Morgan fingerprint density at radius 3 is 3.04 bits per heavy atom. The van der Waals surface area contributed by atoms with Crippen molar-refractivity contribution >= 4 is 16.8 Å².